The van der Waals surface area contributed by atoms with E-state index in [1.165, 1.54) is 0 Å². The van der Waals surface area contributed by atoms with Crippen LogP contribution in [0.3, 0.4) is 0 Å². The Morgan fingerprint density at radius 2 is 0.864 bits per heavy atom. The molecule has 0 heterocycles. The van der Waals surface area contributed by atoms with Crippen molar-refractivity contribution in [1.82, 2.24) is 0 Å². The van der Waals surface area contributed by atoms with E-state index in [1.807, 2.05) is 0 Å². The summed E-state index contributed by atoms with van der Waals surface area (Å²) in [6, 6.07) is 0. The minimum atomic E-state index is -1.31. The standard InChI is InChI=1S/C18H42NP3/c1-13(2)20(14(3)4)19-22(17(9)10,18(11)12)21(15(5)6)16(7)8/h13-18H,1-12H3. The van der Waals surface area contributed by atoms with E-state index < -0.39 is 6.74 Å². The van der Waals surface area contributed by atoms with E-state index in [9.17, 15) is 0 Å². The molecule has 0 unspecified atom stereocenters. The molecule has 0 aromatic carbocycles. The van der Waals surface area contributed by atoms with E-state index in [1.54, 1.807) is 0 Å². The van der Waals surface area contributed by atoms with Gasteiger partial charge in [-0.25, -0.2) is 0 Å². The van der Waals surface area contributed by atoms with Gasteiger partial charge in [0.25, 0.3) is 0 Å². The Hall–Kier alpha value is 1.09. The van der Waals surface area contributed by atoms with Crippen molar-refractivity contribution in [3.8, 4) is 0 Å². The molecule has 0 saturated carbocycles. The van der Waals surface area contributed by atoms with E-state index in [2.05, 4.69) is 83.1 Å². The first-order valence-electron chi connectivity index (χ1n) is 9.08. The van der Waals surface area contributed by atoms with Gasteiger partial charge in [-0.1, -0.05) is 90.7 Å². The third kappa shape index (κ3) is 5.30. The second-order valence-corrected chi connectivity index (χ2v) is 21.3. The number of rotatable bonds is 8. The molecule has 0 bridgehead atoms. The quantitative estimate of drug-likeness (QED) is 0.383. The molecule has 0 N–H and O–H groups in total. The first-order chi connectivity index (χ1) is 9.89. The van der Waals surface area contributed by atoms with Gasteiger partial charge in [0.1, 0.15) is 0 Å². The summed E-state index contributed by atoms with van der Waals surface area (Å²) in [7, 11) is -0.250. The lowest BCUT2D eigenvalue weighted by atomic mass is 10.5. The van der Waals surface area contributed by atoms with Crippen LogP contribution in [0, 0.1) is 0 Å². The zero-order valence-electron chi connectivity index (χ0n) is 17.3. The molecule has 134 valence electrons. The summed E-state index contributed by atoms with van der Waals surface area (Å²) in [4.78, 5) is 0. The van der Waals surface area contributed by atoms with Crippen LogP contribution in [0.2, 0.25) is 0 Å². The summed E-state index contributed by atoms with van der Waals surface area (Å²) in [5, 5.41) is 0. The lowest BCUT2D eigenvalue weighted by Gasteiger charge is -2.46. The second kappa shape index (κ2) is 9.54. The van der Waals surface area contributed by atoms with Gasteiger partial charge in [-0.3, -0.25) is 4.52 Å². The predicted molar refractivity (Wildman–Crippen MR) is 114 cm³/mol. The van der Waals surface area contributed by atoms with Crippen LogP contribution in [0.1, 0.15) is 83.1 Å². The van der Waals surface area contributed by atoms with Crippen molar-refractivity contribution in [3.05, 3.63) is 0 Å². The van der Waals surface area contributed by atoms with Crippen molar-refractivity contribution in [2.45, 2.75) is 117 Å². The highest BCUT2D eigenvalue weighted by Crippen LogP contribution is 2.87. The van der Waals surface area contributed by atoms with Gasteiger partial charge >= 0.3 is 0 Å². The van der Waals surface area contributed by atoms with Gasteiger partial charge in [-0.15, -0.1) is 0 Å². The van der Waals surface area contributed by atoms with Crippen LogP contribution in [0.5, 0.6) is 0 Å². The lowest BCUT2D eigenvalue weighted by Crippen LogP contribution is -2.16. The minimum absolute atomic E-state index is 0.0267. The van der Waals surface area contributed by atoms with E-state index in [-0.39, 0.29) is 15.7 Å². The van der Waals surface area contributed by atoms with E-state index in [0.717, 1.165) is 22.6 Å². The van der Waals surface area contributed by atoms with Crippen LogP contribution in [-0.4, -0.2) is 34.0 Å². The fourth-order valence-electron chi connectivity index (χ4n) is 3.69. The molecule has 0 amide bonds. The Balaban J connectivity index is 6.44. The summed E-state index contributed by atoms with van der Waals surface area (Å²) in [5.41, 5.74) is 4.45. The highest BCUT2D eigenvalue weighted by molar-refractivity contribution is 8.35. The molecule has 22 heavy (non-hydrogen) atoms. The fraction of sp³-hybridized carbons (Fsp3) is 1.00. The normalized spacial score (nSPS) is 14.0. The average molecular weight is 365 g/mol. The molecular weight excluding hydrogens is 323 g/mol. The van der Waals surface area contributed by atoms with Gasteiger partial charge in [-0.05, 0) is 34.0 Å². The second-order valence-electron chi connectivity index (χ2n) is 8.11. The van der Waals surface area contributed by atoms with E-state index in [0.29, 0.717) is 11.3 Å². The largest absolute Gasteiger partial charge is 0.275 e. The molecule has 0 radical (unpaired) electrons. The van der Waals surface area contributed by atoms with Crippen LogP contribution >= 0.6 is 22.4 Å². The predicted octanol–water partition coefficient (Wildman–Crippen LogP) is 8.43. The fourth-order valence-corrected chi connectivity index (χ4v) is 24.1. The highest BCUT2D eigenvalue weighted by atomic mass is 32.1. The monoisotopic (exact) mass is 365 g/mol. The highest BCUT2D eigenvalue weighted by Gasteiger charge is 2.40. The maximum Gasteiger partial charge on any atom is 0.0195 e. The SMILES string of the molecule is CC(C)P(N=P(C(C)C)(C(C)C)P(C(C)C)C(C)C)C(C)C. The maximum absolute atomic E-state index is 5.85. The molecule has 0 fully saturated rings. The molecule has 0 aliphatic rings. The summed E-state index contributed by atoms with van der Waals surface area (Å²) in [6.07, 6.45) is 0. The van der Waals surface area contributed by atoms with Crippen LogP contribution < -0.4 is 0 Å². The van der Waals surface area contributed by atoms with Gasteiger partial charge < -0.3 is 0 Å². The number of nitrogens with zero attached hydrogens (tertiary/aromatic N) is 1. The van der Waals surface area contributed by atoms with Crippen molar-refractivity contribution in [2.24, 2.45) is 4.52 Å². The summed E-state index contributed by atoms with van der Waals surface area (Å²) in [5.74, 6) is 0. The molecule has 4 heteroatoms. The van der Waals surface area contributed by atoms with Crippen LogP contribution in [-0.2, 0) is 0 Å². The average Bonchev–Trinajstić information content (AvgIpc) is 2.30. The van der Waals surface area contributed by atoms with Crippen molar-refractivity contribution in [1.29, 1.82) is 0 Å². The molecule has 0 aromatic rings. The number of hydrogen-bond donors (Lipinski definition) is 0. The van der Waals surface area contributed by atoms with Crippen molar-refractivity contribution in [2.75, 3.05) is 0 Å². The zero-order valence-corrected chi connectivity index (χ0v) is 19.9. The molecule has 0 rings (SSSR count). The molecule has 0 spiro atoms. The van der Waals surface area contributed by atoms with Gasteiger partial charge in [0.05, 0.1) is 0 Å². The summed E-state index contributed by atoms with van der Waals surface area (Å²) < 4.78 is 5.85. The first kappa shape index (κ1) is 23.1. The lowest BCUT2D eigenvalue weighted by molar-refractivity contribution is 0.980. The van der Waals surface area contributed by atoms with Crippen LogP contribution in [0.4, 0.5) is 0 Å². The maximum atomic E-state index is 5.85. The third-order valence-corrected chi connectivity index (χ3v) is 22.7. The molecular formula is C18H42NP3. The Labute approximate surface area is 144 Å². The van der Waals surface area contributed by atoms with Gasteiger partial charge in [0, 0.05) is 14.8 Å². The molecule has 0 aliphatic heterocycles. The molecule has 0 atom stereocenters. The van der Waals surface area contributed by atoms with Crippen molar-refractivity contribution >= 4 is 22.4 Å². The molecule has 0 saturated heterocycles. The summed E-state index contributed by atoms with van der Waals surface area (Å²) >= 11 is 0. The van der Waals surface area contributed by atoms with Gasteiger partial charge in [0.2, 0.25) is 0 Å². The summed E-state index contributed by atoms with van der Waals surface area (Å²) in [6.45, 7) is 27.9. The van der Waals surface area contributed by atoms with Crippen molar-refractivity contribution in [3.63, 3.8) is 0 Å². The minimum Gasteiger partial charge on any atom is -0.275 e. The van der Waals surface area contributed by atoms with Crippen molar-refractivity contribution < 1.29 is 0 Å². The number of hydrogen-bond acceptors (Lipinski definition) is 1. The van der Waals surface area contributed by atoms with Gasteiger partial charge in [-0.2, -0.15) is 0 Å². The third-order valence-electron chi connectivity index (χ3n) is 4.25. The van der Waals surface area contributed by atoms with E-state index >= 15 is 0 Å². The molecule has 0 aliphatic carbocycles. The molecule has 0 aromatic heterocycles. The Kier molecular flexibility index (Phi) is 10.0. The van der Waals surface area contributed by atoms with Crippen LogP contribution in [0.15, 0.2) is 4.52 Å². The Bertz CT molecular complexity index is 343. The van der Waals surface area contributed by atoms with E-state index in [4.69, 9.17) is 4.52 Å². The zero-order chi connectivity index (χ0) is 17.8. The Morgan fingerprint density at radius 3 is 1.05 bits per heavy atom. The van der Waals surface area contributed by atoms with Gasteiger partial charge in [0.15, 0.2) is 0 Å². The Morgan fingerprint density at radius 1 is 0.545 bits per heavy atom. The topological polar surface area (TPSA) is 12.4 Å². The van der Waals surface area contributed by atoms with Crippen LogP contribution in [0.25, 0.3) is 0 Å². The smallest absolute Gasteiger partial charge is 0.0195 e. The first-order valence-corrected chi connectivity index (χ1v) is 14.6. The molecule has 1 nitrogen and oxygen atoms in total.